The fraction of sp³-hybridized carbons (Fsp3) is 0.346. The van der Waals surface area contributed by atoms with E-state index in [0.29, 0.717) is 34.7 Å². The third kappa shape index (κ3) is 5.20. The Morgan fingerprint density at radius 3 is 2.70 bits per heavy atom. The second-order valence-electron chi connectivity index (χ2n) is 8.30. The zero-order chi connectivity index (χ0) is 23.4. The number of rotatable bonds is 7. The first-order valence-corrected chi connectivity index (χ1v) is 11.0. The zero-order valence-corrected chi connectivity index (χ0v) is 18.7. The van der Waals surface area contributed by atoms with Gasteiger partial charge in [0.05, 0.1) is 25.4 Å². The number of ether oxygens (including phenoxy) is 2. The predicted octanol–water partition coefficient (Wildman–Crippen LogP) is 5.53. The number of halogens is 1. The topological polar surface area (TPSA) is 78.6 Å². The monoisotopic (exact) mass is 451 g/mol. The van der Waals surface area contributed by atoms with Crippen LogP contribution in [0.2, 0.25) is 0 Å². The molecule has 0 radical (unpaired) electrons. The number of carbonyl (C=O) groups excluding carboxylic acids is 2. The maximum Gasteiger partial charge on any atom is 0.338 e. The molecule has 1 aliphatic carbocycles. The highest BCUT2D eigenvalue weighted by Crippen LogP contribution is 2.31. The second-order valence-corrected chi connectivity index (χ2v) is 8.30. The molecule has 4 rings (SSSR count). The number of benzene rings is 2. The number of hydrogen-bond donors (Lipinski definition) is 0. The SMILES string of the molecule is COC(=O)c1c(C)cccc1C(=O)[C@H]1CCC[C@@H](OCc2coc(-c3ccc(F)cc3)n2)C1. The summed E-state index contributed by atoms with van der Waals surface area (Å²) in [7, 11) is 1.32. The highest BCUT2D eigenvalue weighted by atomic mass is 19.1. The Morgan fingerprint density at radius 1 is 1.15 bits per heavy atom. The Hall–Kier alpha value is -3.32. The lowest BCUT2D eigenvalue weighted by molar-refractivity contribution is 0.00241. The molecule has 0 aliphatic heterocycles. The van der Waals surface area contributed by atoms with Crippen LogP contribution in [0.25, 0.3) is 11.5 Å². The van der Waals surface area contributed by atoms with Gasteiger partial charge in [0.1, 0.15) is 17.8 Å². The largest absolute Gasteiger partial charge is 0.465 e. The quantitative estimate of drug-likeness (QED) is 0.347. The van der Waals surface area contributed by atoms with Crippen LogP contribution in [-0.4, -0.2) is 30.0 Å². The van der Waals surface area contributed by atoms with Crippen molar-refractivity contribution in [2.24, 2.45) is 5.92 Å². The van der Waals surface area contributed by atoms with Crippen LogP contribution in [0.5, 0.6) is 0 Å². The molecule has 1 fully saturated rings. The van der Waals surface area contributed by atoms with Crippen molar-refractivity contribution >= 4 is 11.8 Å². The van der Waals surface area contributed by atoms with E-state index in [0.717, 1.165) is 24.8 Å². The average Bonchev–Trinajstić information content (AvgIpc) is 3.31. The number of esters is 1. The van der Waals surface area contributed by atoms with E-state index < -0.39 is 5.97 Å². The molecule has 1 aromatic heterocycles. The molecule has 7 heteroatoms. The van der Waals surface area contributed by atoms with Crippen molar-refractivity contribution in [1.29, 1.82) is 0 Å². The molecular weight excluding hydrogens is 425 g/mol. The summed E-state index contributed by atoms with van der Waals surface area (Å²) in [4.78, 5) is 29.9. The average molecular weight is 451 g/mol. The van der Waals surface area contributed by atoms with E-state index in [9.17, 15) is 14.0 Å². The Labute approximate surface area is 191 Å². The molecule has 6 nitrogen and oxygen atoms in total. The van der Waals surface area contributed by atoms with Crippen molar-refractivity contribution in [2.75, 3.05) is 7.11 Å². The van der Waals surface area contributed by atoms with E-state index in [4.69, 9.17) is 13.9 Å². The van der Waals surface area contributed by atoms with Gasteiger partial charge in [0, 0.05) is 17.0 Å². The van der Waals surface area contributed by atoms with Crippen molar-refractivity contribution in [3.63, 3.8) is 0 Å². The molecule has 1 saturated carbocycles. The summed E-state index contributed by atoms with van der Waals surface area (Å²) in [5.74, 6) is -0.684. The first kappa shape index (κ1) is 22.9. The summed E-state index contributed by atoms with van der Waals surface area (Å²) in [6.45, 7) is 2.06. The summed E-state index contributed by atoms with van der Waals surface area (Å²) >= 11 is 0. The van der Waals surface area contributed by atoms with Crippen molar-refractivity contribution in [2.45, 2.75) is 45.3 Å². The van der Waals surface area contributed by atoms with Crippen LogP contribution in [0.4, 0.5) is 4.39 Å². The molecule has 172 valence electrons. The predicted molar refractivity (Wildman–Crippen MR) is 119 cm³/mol. The van der Waals surface area contributed by atoms with Gasteiger partial charge in [-0.1, -0.05) is 24.6 Å². The van der Waals surface area contributed by atoms with Crippen LogP contribution in [-0.2, 0) is 16.1 Å². The van der Waals surface area contributed by atoms with Gasteiger partial charge in [0.2, 0.25) is 5.89 Å². The zero-order valence-electron chi connectivity index (χ0n) is 18.7. The van der Waals surface area contributed by atoms with Gasteiger partial charge in [-0.3, -0.25) is 4.79 Å². The van der Waals surface area contributed by atoms with Crippen molar-refractivity contribution in [1.82, 2.24) is 4.98 Å². The van der Waals surface area contributed by atoms with Crippen LogP contribution in [0.3, 0.4) is 0 Å². The Kier molecular flexibility index (Phi) is 6.99. The maximum atomic E-state index is 13.3. The number of methoxy groups -OCH3 is 1. The molecule has 0 spiro atoms. The number of Topliss-reactive ketones (excluding diaryl/α,β-unsaturated/α-hetero) is 1. The van der Waals surface area contributed by atoms with Crippen molar-refractivity contribution in [3.8, 4) is 11.5 Å². The molecule has 0 saturated heterocycles. The molecule has 0 amide bonds. The second kappa shape index (κ2) is 10.1. The van der Waals surface area contributed by atoms with Crippen LogP contribution >= 0.6 is 0 Å². The lowest BCUT2D eigenvalue weighted by atomic mass is 9.81. The molecule has 1 heterocycles. The van der Waals surface area contributed by atoms with Gasteiger partial charge in [0.25, 0.3) is 0 Å². The summed E-state index contributed by atoms with van der Waals surface area (Å²) in [5, 5.41) is 0. The highest BCUT2D eigenvalue weighted by Gasteiger charge is 2.31. The number of carbonyl (C=O) groups is 2. The smallest absolute Gasteiger partial charge is 0.338 e. The van der Waals surface area contributed by atoms with E-state index in [-0.39, 0.29) is 30.2 Å². The van der Waals surface area contributed by atoms with E-state index >= 15 is 0 Å². The van der Waals surface area contributed by atoms with Gasteiger partial charge in [0.15, 0.2) is 5.78 Å². The number of hydrogen-bond acceptors (Lipinski definition) is 6. The lowest BCUT2D eigenvalue weighted by Gasteiger charge is -2.28. The minimum atomic E-state index is -0.497. The van der Waals surface area contributed by atoms with Gasteiger partial charge in [-0.15, -0.1) is 0 Å². The third-order valence-electron chi connectivity index (χ3n) is 6.03. The summed E-state index contributed by atoms with van der Waals surface area (Å²) < 4.78 is 29.5. The molecule has 3 aromatic rings. The van der Waals surface area contributed by atoms with E-state index in [2.05, 4.69) is 4.98 Å². The fourth-order valence-corrected chi connectivity index (χ4v) is 4.30. The van der Waals surface area contributed by atoms with Gasteiger partial charge >= 0.3 is 5.97 Å². The van der Waals surface area contributed by atoms with E-state index in [1.54, 1.807) is 37.3 Å². The molecular formula is C26H26FNO5. The molecule has 0 bridgehead atoms. The normalized spacial score (nSPS) is 18.2. The van der Waals surface area contributed by atoms with Crippen LogP contribution in [0.1, 0.15) is 57.7 Å². The first-order chi connectivity index (χ1) is 16.0. The third-order valence-corrected chi connectivity index (χ3v) is 6.03. The fourth-order valence-electron chi connectivity index (χ4n) is 4.30. The number of aryl methyl sites for hydroxylation is 1. The number of aromatic nitrogens is 1. The molecule has 2 aromatic carbocycles. The van der Waals surface area contributed by atoms with Gasteiger partial charge < -0.3 is 13.9 Å². The Bertz CT molecular complexity index is 1140. The molecule has 2 atom stereocenters. The highest BCUT2D eigenvalue weighted by molar-refractivity contribution is 6.08. The number of ketones is 1. The Balaban J connectivity index is 1.40. The summed E-state index contributed by atoms with van der Waals surface area (Å²) in [5.41, 5.74) is 2.79. The van der Waals surface area contributed by atoms with E-state index in [1.807, 2.05) is 0 Å². The molecule has 0 unspecified atom stereocenters. The van der Waals surface area contributed by atoms with Gasteiger partial charge in [-0.05, 0) is 56.0 Å². The first-order valence-electron chi connectivity index (χ1n) is 11.0. The molecule has 1 aliphatic rings. The van der Waals surface area contributed by atoms with Crippen molar-refractivity contribution < 1.29 is 27.9 Å². The number of oxazole rings is 1. The standard InChI is InChI=1S/C26H26FNO5/c1-16-5-3-8-22(23(16)26(30)31-2)24(29)18-6-4-7-21(13-18)32-14-20-15-33-25(28-20)17-9-11-19(27)12-10-17/h3,5,8-12,15,18,21H,4,6-7,13-14H2,1-2H3/t18-,21+/m0/s1. The van der Waals surface area contributed by atoms with Crippen LogP contribution in [0.15, 0.2) is 53.1 Å². The van der Waals surface area contributed by atoms with Crippen molar-refractivity contribution in [3.05, 3.63) is 76.9 Å². The molecule has 33 heavy (non-hydrogen) atoms. The van der Waals surface area contributed by atoms with E-state index in [1.165, 1.54) is 25.5 Å². The lowest BCUT2D eigenvalue weighted by Crippen LogP contribution is -2.29. The minimum absolute atomic E-state index is 0.0487. The van der Waals surface area contributed by atoms with Gasteiger partial charge in [-0.2, -0.15) is 0 Å². The molecule has 0 N–H and O–H groups in total. The maximum absolute atomic E-state index is 13.3. The van der Waals surface area contributed by atoms with Gasteiger partial charge in [-0.25, -0.2) is 14.2 Å². The van der Waals surface area contributed by atoms with Crippen LogP contribution < -0.4 is 0 Å². The minimum Gasteiger partial charge on any atom is -0.465 e. The number of nitrogens with zero attached hydrogens (tertiary/aromatic N) is 1. The summed E-state index contributed by atoms with van der Waals surface area (Å²) in [6, 6.07) is 11.2. The Morgan fingerprint density at radius 2 is 1.94 bits per heavy atom. The van der Waals surface area contributed by atoms with Crippen LogP contribution in [0, 0.1) is 18.7 Å². The summed E-state index contributed by atoms with van der Waals surface area (Å²) in [6.07, 6.45) is 4.48.